The number of aromatic nitrogens is 4. The maximum Gasteiger partial charge on any atom is 0.263 e. The quantitative estimate of drug-likeness (QED) is 0.127. The Morgan fingerprint density at radius 1 is 0.964 bits per heavy atom. The summed E-state index contributed by atoms with van der Waals surface area (Å²) in [5, 5.41) is 68.4. The van der Waals surface area contributed by atoms with Crippen LogP contribution >= 0.6 is 0 Å². The molecule has 3 saturated heterocycles. The first-order valence-corrected chi connectivity index (χ1v) is 19.1. The standard InChI is InChI=1S/C37H51N7O11/c1-4-23-32(55-36-31(51)28(48)27(47)24(17-45)54-36)29(49)30(50)35(53-23)44(25-10-9-21(15-39-25)42-13-11-38-12-14-42)37-40-16-22-18(2)26(19(3)46)34(52)43(33(22)41-37)20-7-5-6-8-20/h9-10,15-16,20,23-24,27-32,35-36,38,45,47-51H,4-8,11-14,17H2,1-3H3/t23-,24-,27+,28+,29-,30-,31-,32-,35+,36+/m1/s1. The van der Waals surface area contributed by atoms with Gasteiger partial charge in [-0.2, -0.15) is 4.98 Å². The molecule has 55 heavy (non-hydrogen) atoms. The second kappa shape index (κ2) is 16.4. The Kier molecular flexibility index (Phi) is 11.8. The molecule has 0 spiro atoms. The molecule has 300 valence electrons. The Balaban J connectivity index is 1.30. The van der Waals surface area contributed by atoms with Crippen LogP contribution in [-0.4, -0.2) is 150 Å². The number of pyridine rings is 2. The molecule has 4 fully saturated rings. The maximum absolute atomic E-state index is 14.0. The van der Waals surface area contributed by atoms with E-state index in [1.54, 1.807) is 36.9 Å². The molecule has 3 aromatic heterocycles. The molecule has 18 heteroatoms. The van der Waals surface area contributed by atoms with Crippen molar-refractivity contribution in [2.75, 3.05) is 42.6 Å². The van der Waals surface area contributed by atoms with Gasteiger partial charge in [-0.15, -0.1) is 0 Å². The number of nitrogens with one attached hydrogen (secondary N) is 1. The first kappa shape index (κ1) is 39.5. The molecule has 4 aliphatic rings. The number of nitrogens with zero attached hydrogens (tertiary/aromatic N) is 6. The van der Waals surface area contributed by atoms with Gasteiger partial charge in [0.25, 0.3) is 5.56 Å². The highest BCUT2D eigenvalue weighted by atomic mass is 16.7. The molecule has 0 bridgehead atoms. The van der Waals surface area contributed by atoms with Gasteiger partial charge < -0.3 is 55.1 Å². The molecule has 1 aliphatic carbocycles. The van der Waals surface area contributed by atoms with E-state index in [-0.39, 0.29) is 35.6 Å². The number of ketones is 1. The third kappa shape index (κ3) is 7.36. The second-order valence-electron chi connectivity index (χ2n) is 14.8. The van der Waals surface area contributed by atoms with Crippen molar-refractivity contribution in [3.05, 3.63) is 46.0 Å². The van der Waals surface area contributed by atoms with Gasteiger partial charge in [0.05, 0.1) is 30.2 Å². The van der Waals surface area contributed by atoms with Crippen LogP contribution in [0.15, 0.2) is 29.3 Å². The van der Waals surface area contributed by atoms with Gasteiger partial charge >= 0.3 is 0 Å². The van der Waals surface area contributed by atoms with E-state index >= 15 is 0 Å². The summed E-state index contributed by atoms with van der Waals surface area (Å²) in [6.07, 6.45) is -8.16. The fraction of sp³-hybridized carbons (Fsp3) is 0.649. The van der Waals surface area contributed by atoms with Gasteiger partial charge in [0.1, 0.15) is 54.2 Å². The number of carbonyl (C=O) groups is 1. The van der Waals surface area contributed by atoms with Crippen LogP contribution in [0.2, 0.25) is 0 Å². The number of aryl methyl sites for hydroxylation is 1. The number of piperazine rings is 1. The highest BCUT2D eigenvalue weighted by Crippen LogP contribution is 2.37. The summed E-state index contributed by atoms with van der Waals surface area (Å²) in [7, 11) is 0. The van der Waals surface area contributed by atoms with Gasteiger partial charge in [-0.25, -0.2) is 9.97 Å². The van der Waals surface area contributed by atoms with Crippen molar-refractivity contribution in [1.29, 1.82) is 0 Å². The molecule has 18 nitrogen and oxygen atoms in total. The monoisotopic (exact) mass is 769 g/mol. The van der Waals surface area contributed by atoms with Gasteiger partial charge in [-0.3, -0.25) is 19.1 Å². The first-order chi connectivity index (χ1) is 26.4. The number of carbonyl (C=O) groups excluding carboxylic acids is 1. The summed E-state index contributed by atoms with van der Waals surface area (Å²) in [4.78, 5) is 44.8. The van der Waals surface area contributed by atoms with Crippen LogP contribution in [0, 0.1) is 6.92 Å². The number of fused-ring (bicyclic) bond motifs is 1. The van der Waals surface area contributed by atoms with Crippen molar-refractivity contribution in [2.45, 2.75) is 120 Å². The van der Waals surface area contributed by atoms with E-state index in [2.05, 4.69) is 10.2 Å². The van der Waals surface area contributed by atoms with E-state index in [9.17, 15) is 40.2 Å². The number of anilines is 3. The van der Waals surface area contributed by atoms with Crippen LogP contribution < -0.4 is 20.7 Å². The fourth-order valence-electron chi connectivity index (χ4n) is 8.30. The summed E-state index contributed by atoms with van der Waals surface area (Å²) in [5.41, 5.74) is 1.30. The largest absolute Gasteiger partial charge is 0.394 e. The lowest BCUT2D eigenvalue weighted by Crippen LogP contribution is -2.65. The van der Waals surface area contributed by atoms with Crippen molar-refractivity contribution in [3.63, 3.8) is 0 Å². The van der Waals surface area contributed by atoms with E-state index in [0.717, 1.165) is 57.5 Å². The van der Waals surface area contributed by atoms with E-state index < -0.39 is 73.5 Å². The molecular weight excluding hydrogens is 718 g/mol. The van der Waals surface area contributed by atoms with Crippen LogP contribution in [0.4, 0.5) is 17.5 Å². The van der Waals surface area contributed by atoms with Gasteiger partial charge in [-0.1, -0.05) is 19.8 Å². The molecule has 10 atom stereocenters. The number of hydrogen-bond donors (Lipinski definition) is 7. The minimum absolute atomic E-state index is 0.00968. The van der Waals surface area contributed by atoms with Crippen LogP contribution in [0.5, 0.6) is 0 Å². The zero-order chi connectivity index (χ0) is 39.1. The van der Waals surface area contributed by atoms with E-state index in [1.807, 2.05) is 6.07 Å². The molecule has 0 radical (unpaired) electrons. The lowest BCUT2D eigenvalue weighted by molar-refractivity contribution is -0.340. The van der Waals surface area contributed by atoms with Crippen LogP contribution in [0.25, 0.3) is 11.0 Å². The van der Waals surface area contributed by atoms with Gasteiger partial charge in [-0.05, 0) is 50.8 Å². The smallest absolute Gasteiger partial charge is 0.263 e. The maximum atomic E-state index is 14.0. The topological polar surface area (TPSA) is 245 Å². The predicted molar refractivity (Wildman–Crippen MR) is 197 cm³/mol. The lowest BCUT2D eigenvalue weighted by atomic mass is 9.94. The SMILES string of the molecule is CC[C@H]1O[C@H](N(c2ccc(N3CCNCC3)cn2)c2ncc3c(C)c(C(C)=O)c(=O)n(C4CCCC4)c3n2)[C@H](O)[C@@H](O)[C@@H]1O[C@@H]1O[C@H](CO)[C@H](O)[C@H](O)[C@H]1O. The zero-order valence-corrected chi connectivity index (χ0v) is 31.1. The average Bonchev–Trinajstić information content (AvgIpc) is 3.72. The molecule has 0 unspecified atom stereocenters. The number of Topliss-reactive ketones (excluding diaryl/α,β-unsaturated/α-hetero) is 1. The van der Waals surface area contributed by atoms with Gasteiger partial charge in [0.2, 0.25) is 5.95 Å². The van der Waals surface area contributed by atoms with E-state index in [0.29, 0.717) is 16.6 Å². The Morgan fingerprint density at radius 3 is 2.33 bits per heavy atom. The third-order valence-electron chi connectivity index (χ3n) is 11.4. The minimum atomic E-state index is -1.75. The number of aliphatic hydroxyl groups is 6. The number of ether oxygens (including phenoxy) is 3. The summed E-state index contributed by atoms with van der Waals surface area (Å²) >= 11 is 0. The van der Waals surface area contributed by atoms with Crippen molar-refractivity contribution in [1.82, 2.24) is 24.8 Å². The molecule has 7 rings (SSSR count). The van der Waals surface area contributed by atoms with Gasteiger partial charge in [0.15, 0.2) is 18.3 Å². The predicted octanol–water partition coefficient (Wildman–Crippen LogP) is -0.598. The van der Waals surface area contributed by atoms with E-state index in [4.69, 9.17) is 29.2 Å². The normalized spacial score (nSPS) is 31.9. The molecular formula is C37H51N7O11. The van der Waals surface area contributed by atoms with Crippen LogP contribution in [-0.2, 0) is 14.2 Å². The number of hydrogen-bond acceptors (Lipinski definition) is 17. The highest BCUT2D eigenvalue weighted by molar-refractivity contribution is 5.99. The Labute approximate surface area is 317 Å². The van der Waals surface area contributed by atoms with Crippen molar-refractivity contribution >= 4 is 34.3 Å². The Morgan fingerprint density at radius 2 is 1.69 bits per heavy atom. The van der Waals surface area contributed by atoms with E-state index in [1.165, 1.54) is 11.8 Å². The summed E-state index contributed by atoms with van der Waals surface area (Å²) in [6.45, 7) is 7.35. The zero-order valence-electron chi connectivity index (χ0n) is 31.1. The summed E-state index contributed by atoms with van der Waals surface area (Å²) < 4.78 is 19.6. The second-order valence-corrected chi connectivity index (χ2v) is 14.8. The number of aliphatic hydroxyl groups excluding tert-OH is 6. The first-order valence-electron chi connectivity index (χ1n) is 19.1. The van der Waals surface area contributed by atoms with Crippen molar-refractivity contribution < 1.29 is 49.6 Å². The fourth-order valence-corrected chi connectivity index (χ4v) is 8.30. The van der Waals surface area contributed by atoms with Crippen LogP contribution in [0.1, 0.15) is 67.9 Å². The molecule has 0 amide bonds. The minimum Gasteiger partial charge on any atom is -0.394 e. The number of rotatable bonds is 10. The van der Waals surface area contributed by atoms with Crippen molar-refractivity contribution in [3.8, 4) is 0 Å². The molecule has 1 saturated carbocycles. The third-order valence-corrected chi connectivity index (χ3v) is 11.4. The van der Waals surface area contributed by atoms with Crippen molar-refractivity contribution in [2.24, 2.45) is 0 Å². The summed E-state index contributed by atoms with van der Waals surface area (Å²) in [5.74, 6) is -0.0747. The lowest BCUT2D eigenvalue weighted by Gasteiger charge is -2.48. The molecule has 6 heterocycles. The van der Waals surface area contributed by atoms with Gasteiger partial charge in [0, 0.05) is 43.8 Å². The molecule has 3 aliphatic heterocycles. The van der Waals surface area contributed by atoms with Crippen LogP contribution in [0.3, 0.4) is 0 Å². The highest BCUT2D eigenvalue weighted by Gasteiger charge is 2.52. The molecule has 3 aromatic rings. The summed E-state index contributed by atoms with van der Waals surface area (Å²) in [6, 6.07) is 3.43. The molecule has 7 N–H and O–H groups in total. The Bertz CT molecular complexity index is 1880. The average molecular weight is 770 g/mol. The Hall–Kier alpha value is -3.69. The molecule has 0 aromatic carbocycles.